The second-order valence-electron chi connectivity index (χ2n) is 5.42. The summed E-state index contributed by atoms with van der Waals surface area (Å²) < 4.78 is 26.8. The fourth-order valence-corrected chi connectivity index (χ4v) is 3.31. The van der Waals surface area contributed by atoms with Gasteiger partial charge in [-0.25, -0.2) is 8.42 Å². The monoisotopic (exact) mass is 350 g/mol. The molecule has 24 heavy (non-hydrogen) atoms. The van der Waals surface area contributed by atoms with Crippen LogP contribution < -0.4 is 10.5 Å². The van der Waals surface area contributed by atoms with Crippen LogP contribution in [0.2, 0.25) is 0 Å². The topological polar surface area (TPSA) is 130 Å². The van der Waals surface area contributed by atoms with Gasteiger partial charge in [-0.1, -0.05) is 23.8 Å². The fraction of sp³-hybridized carbons (Fsp3) is 0.188. The van der Waals surface area contributed by atoms with Crippen LogP contribution >= 0.6 is 0 Å². The zero-order valence-electron chi connectivity index (χ0n) is 12.9. The second-order valence-corrected chi connectivity index (χ2v) is 7.14. The van der Waals surface area contributed by atoms with Gasteiger partial charge in [0.25, 0.3) is 0 Å². The van der Waals surface area contributed by atoms with E-state index in [2.05, 4.69) is 4.72 Å². The second kappa shape index (κ2) is 6.90. The van der Waals surface area contributed by atoms with Crippen molar-refractivity contribution in [3.05, 3.63) is 53.6 Å². The highest BCUT2D eigenvalue weighted by Crippen LogP contribution is 2.21. The summed E-state index contributed by atoms with van der Waals surface area (Å²) >= 11 is 0. The molecule has 0 spiro atoms. The first kappa shape index (κ1) is 17.8. The van der Waals surface area contributed by atoms with E-state index in [1.807, 2.05) is 6.92 Å². The summed E-state index contributed by atoms with van der Waals surface area (Å²) in [5.41, 5.74) is 7.05. The maximum absolute atomic E-state index is 12.3. The lowest BCUT2D eigenvalue weighted by Crippen LogP contribution is -2.42. The molecule has 2 aromatic rings. The molecule has 0 aliphatic carbocycles. The normalized spacial score (nSPS) is 12.7. The molecule has 0 aliphatic rings. The zero-order valence-corrected chi connectivity index (χ0v) is 13.7. The maximum Gasteiger partial charge on any atom is 0.322 e. The van der Waals surface area contributed by atoms with Gasteiger partial charge in [0.15, 0.2) is 0 Å². The van der Waals surface area contributed by atoms with Crippen LogP contribution in [0, 0.1) is 6.92 Å². The number of carboxylic acid groups (broad SMARTS) is 1. The first-order valence-electron chi connectivity index (χ1n) is 7.08. The first-order valence-corrected chi connectivity index (χ1v) is 8.56. The maximum atomic E-state index is 12.3. The number of anilines is 1. The smallest absolute Gasteiger partial charge is 0.322 e. The predicted molar refractivity (Wildman–Crippen MR) is 89.1 cm³/mol. The average Bonchev–Trinajstić information content (AvgIpc) is 2.50. The Morgan fingerprint density at radius 2 is 1.83 bits per heavy atom. The molecule has 2 rings (SSSR count). The molecule has 5 N–H and O–H groups in total. The Bertz CT molecular complexity index is 847. The van der Waals surface area contributed by atoms with Gasteiger partial charge < -0.3 is 15.9 Å². The number of nitrogen functional groups attached to an aromatic ring is 1. The Morgan fingerprint density at radius 1 is 1.21 bits per heavy atom. The largest absolute Gasteiger partial charge is 0.506 e. The first-order chi connectivity index (χ1) is 11.2. The number of aromatic hydroxyl groups is 1. The lowest BCUT2D eigenvalue weighted by Gasteiger charge is -2.15. The minimum absolute atomic E-state index is 0.00966. The lowest BCUT2D eigenvalue weighted by molar-refractivity contribution is -0.138. The predicted octanol–water partition coefficient (Wildman–Crippen LogP) is 1.26. The molecule has 128 valence electrons. The van der Waals surface area contributed by atoms with E-state index < -0.39 is 22.0 Å². The number of benzene rings is 2. The van der Waals surface area contributed by atoms with Crippen LogP contribution in [-0.2, 0) is 21.2 Å². The summed E-state index contributed by atoms with van der Waals surface area (Å²) in [7, 11) is -3.97. The highest BCUT2D eigenvalue weighted by molar-refractivity contribution is 7.89. The third-order valence-electron chi connectivity index (χ3n) is 3.46. The molecule has 8 heteroatoms. The molecule has 0 aromatic heterocycles. The van der Waals surface area contributed by atoms with Gasteiger partial charge in [0.05, 0.1) is 10.6 Å². The van der Waals surface area contributed by atoms with Gasteiger partial charge in [-0.05, 0) is 43.2 Å². The van der Waals surface area contributed by atoms with Crippen molar-refractivity contribution in [1.29, 1.82) is 0 Å². The Labute approximate surface area is 139 Å². The molecular weight excluding hydrogens is 332 g/mol. The van der Waals surface area contributed by atoms with Crippen LogP contribution in [0.5, 0.6) is 5.75 Å². The van der Waals surface area contributed by atoms with Gasteiger partial charge in [-0.2, -0.15) is 4.72 Å². The summed E-state index contributed by atoms with van der Waals surface area (Å²) in [4.78, 5) is 11.4. The van der Waals surface area contributed by atoms with Crippen LogP contribution in [0.25, 0.3) is 0 Å². The fourth-order valence-electron chi connectivity index (χ4n) is 2.12. The highest BCUT2D eigenvalue weighted by atomic mass is 32.2. The van der Waals surface area contributed by atoms with Gasteiger partial charge >= 0.3 is 5.97 Å². The Balaban J connectivity index is 2.23. The number of phenolic OH excluding ortho intramolecular Hbond substituents is 1. The molecule has 0 radical (unpaired) electrons. The number of aliphatic carboxylic acids is 1. The van der Waals surface area contributed by atoms with E-state index in [0.717, 1.165) is 5.56 Å². The summed E-state index contributed by atoms with van der Waals surface area (Å²) in [6, 6.07) is 8.95. The molecule has 0 saturated carbocycles. The molecule has 7 nitrogen and oxygen atoms in total. The van der Waals surface area contributed by atoms with Crippen LogP contribution in [0.3, 0.4) is 0 Å². The van der Waals surface area contributed by atoms with E-state index in [1.54, 1.807) is 12.1 Å². The molecule has 1 atom stereocenters. The number of nitrogens with one attached hydrogen (secondary N) is 1. The minimum atomic E-state index is -3.97. The number of sulfonamides is 1. The van der Waals surface area contributed by atoms with Gasteiger partial charge in [-0.3, -0.25) is 4.79 Å². The van der Waals surface area contributed by atoms with Crippen molar-refractivity contribution in [2.75, 3.05) is 5.73 Å². The Morgan fingerprint density at radius 3 is 2.38 bits per heavy atom. The third-order valence-corrected chi connectivity index (χ3v) is 4.95. The average molecular weight is 350 g/mol. The van der Waals surface area contributed by atoms with Gasteiger partial charge in [0, 0.05) is 0 Å². The third kappa shape index (κ3) is 4.24. The van der Waals surface area contributed by atoms with E-state index in [0.29, 0.717) is 5.56 Å². The molecular formula is C16H18N2O5S. The van der Waals surface area contributed by atoms with E-state index in [-0.39, 0.29) is 22.8 Å². The molecule has 0 bridgehead atoms. The van der Waals surface area contributed by atoms with E-state index >= 15 is 0 Å². The minimum Gasteiger partial charge on any atom is -0.506 e. The Hall–Kier alpha value is -2.58. The highest BCUT2D eigenvalue weighted by Gasteiger charge is 2.25. The molecule has 2 aromatic carbocycles. The number of rotatable bonds is 6. The summed E-state index contributed by atoms with van der Waals surface area (Å²) in [5.74, 6) is -1.43. The van der Waals surface area contributed by atoms with Crippen molar-refractivity contribution in [2.24, 2.45) is 0 Å². The van der Waals surface area contributed by atoms with Crippen molar-refractivity contribution in [3.63, 3.8) is 0 Å². The number of phenols is 1. The van der Waals surface area contributed by atoms with Gasteiger partial charge in [0.2, 0.25) is 10.0 Å². The number of aryl methyl sites for hydroxylation is 1. The summed E-state index contributed by atoms with van der Waals surface area (Å²) in [6.45, 7) is 1.82. The van der Waals surface area contributed by atoms with Crippen LogP contribution in [0.1, 0.15) is 11.1 Å². The number of hydrogen-bond acceptors (Lipinski definition) is 5. The quantitative estimate of drug-likeness (QED) is 0.458. The molecule has 0 amide bonds. The number of carbonyl (C=O) groups is 1. The van der Waals surface area contributed by atoms with E-state index in [9.17, 15) is 23.4 Å². The molecule has 0 fully saturated rings. The van der Waals surface area contributed by atoms with Crippen LogP contribution in [0.15, 0.2) is 47.4 Å². The summed E-state index contributed by atoms with van der Waals surface area (Å²) in [6.07, 6.45) is -0.106. The Kier molecular flexibility index (Phi) is 5.10. The van der Waals surface area contributed by atoms with E-state index in [1.165, 1.54) is 30.3 Å². The molecule has 0 saturated heterocycles. The van der Waals surface area contributed by atoms with Crippen molar-refractivity contribution < 1.29 is 23.4 Å². The van der Waals surface area contributed by atoms with Crippen molar-refractivity contribution in [3.8, 4) is 5.75 Å². The number of nitrogens with two attached hydrogens (primary N) is 1. The number of carboxylic acids is 1. The van der Waals surface area contributed by atoms with Crippen molar-refractivity contribution >= 4 is 21.7 Å². The van der Waals surface area contributed by atoms with Gasteiger partial charge in [0.1, 0.15) is 11.8 Å². The summed E-state index contributed by atoms with van der Waals surface area (Å²) in [5, 5.41) is 18.7. The van der Waals surface area contributed by atoms with Crippen LogP contribution in [0.4, 0.5) is 5.69 Å². The van der Waals surface area contributed by atoms with Crippen molar-refractivity contribution in [1.82, 2.24) is 4.72 Å². The molecule has 0 aliphatic heterocycles. The lowest BCUT2D eigenvalue weighted by atomic mass is 10.1. The zero-order chi connectivity index (χ0) is 17.9. The van der Waals surface area contributed by atoms with Gasteiger partial charge in [-0.15, -0.1) is 0 Å². The molecule has 0 unspecified atom stereocenters. The standard InChI is InChI=1S/C16H18N2O5S/c1-10-2-5-12(6-3-10)24(22,23)18-14(16(20)21)9-11-4-7-15(19)13(17)8-11/h2-8,14,18-19H,9,17H2,1H3,(H,20,21)/t14-/m0/s1. The SMILES string of the molecule is Cc1ccc(S(=O)(=O)N[C@@H](Cc2ccc(O)c(N)c2)C(=O)O)cc1. The van der Waals surface area contributed by atoms with Crippen LogP contribution in [-0.4, -0.2) is 30.6 Å². The molecule has 0 heterocycles. The number of hydrogen-bond donors (Lipinski definition) is 4. The van der Waals surface area contributed by atoms with E-state index in [4.69, 9.17) is 5.73 Å². The van der Waals surface area contributed by atoms with Crippen molar-refractivity contribution in [2.45, 2.75) is 24.3 Å².